The van der Waals surface area contributed by atoms with Crippen LogP contribution in [0.4, 0.5) is 11.4 Å². The summed E-state index contributed by atoms with van der Waals surface area (Å²) in [4.78, 5) is 0. The Kier molecular flexibility index (Phi) is 2.36. The molecule has 1 aromatic rings. The van der Waals surface area contributed by atoms with Crippen molar-refractivity contribution in [3.05, 3.63) is 23.8 Å². The van der Waals surface area contributed by atoms with Gasteiger partial charge in [0, 0.05) is 12.6 Å². The summed E-state index contributed by atoms with van der Waals surface area (Å²) < 4.78 is 0. The number of anilines is 2. The third kappa shape index (κ3) is 1.69. The summed E-state index contributed by atoms with van der Waals surface area (Å²) in [7, 11) is 0. The maximum Gasteiger partial charge on any atom is 0.0579 e. The predicted molar refractivity (Wildman–Crippen MR) is 61.9 cm³/mol. The van der Waals surface area contributed by atoms with Crippen LogP contribution in [-0.2, 0) is 0 Å². The van der Waals surface area contributed by atoms with Crippen molar-refractivity contribution in [2.45, 2.75) is 26.8 Å². The van der Waals surface area contributed by atoms with Gasteiger partial charge in [0.05, 0.1) is 11.4 Å². The summed E-state index contributed by atoms with van der Waals surface area (Å²) in [6.45, 7) is 7.64. The molecule has 0 saturated heterocycles. The van der Waals surface area contributed by atoms with Crippen molar-refractivity contribution < 1.29 is 0 Å². The van der Waals surface area contributed by atoms with E-state index in [1.807, 2.05) is 0 Å². The van der Waals surface area contributed by atoms with Gasteiger partial charge in [0.25, 0.3) is 0 Å². The quantitative estimate of drug-likeness (QED) is 0.711. The molecule has 0 saturated carbocycles. The minimum Gasteiger partial charge on any atom is -0.381 e. The number of aryl methyl sites for hydroxylation is 1. The maximum atomic E-state index is 3.56. The number of nitrogens with one attached hydrogen (secondary N) is 2. The van der Waals surface area contributed by atoms with E-state index in [1.165, 1.54) is 16.9 Å². The number of benzene rings is 1. The van der Waals surface area contributed by atoms with Gasteiger partial charge in [-0.15, -0.1) is 0 Å². The number of hydrogen-bond acceptors (Lipinski definition) is 2. The average molecular weight is 190 g/mol. The average Bonchev–Trinajstić information content (AvgIpc) is 2.16. The zero-order valence-electron chi connectivity index (χ0n) is 9.09. The van der Waals surface area contributed by atoms with Crippen LogP contribution < -0.4 is 10.6 Å². The van der Waals surface area contributed by atoms with Gasteiger partial charge >= 0.3 is 0 Å². The molecule has 2 N–H and O–H groups in total. The Morgan fingerprint density at radius 2 is 2.07 bits per heavy atom. The van der Waals surface area contributed by atoms with E-state index in [2.05, 4.69) is 49.6 Å². The summed E-state index contributed by atoms with van der Waals surface area (Å²) >= 11 is 0. The number of fused-ring (bicyclic) bond motifs is 1. The Morgan fingerprint density at radius 3 is 2.79 bits per heavy atom. The Morgan fingerprint density at radius 1 is 1.29 bits per heavy atom. The Balaban J connectivity index is 2.23. The third-order valence-corrected chi connectivity index (χ3v) is 2.83. The molecule has 0 fully saturated rings. The first-order chi connectivity index (χ1) is 6.66. The van der Waals surface area contributed by atoms with Crippen LogP contribution in [-0.4, -0.2) is 12.6 Å². The van der Waals surface area contributed by atoms with Crippen molar-refractivity contribution >= 4 is 11.4 Å². The van der Waals surface area contributed by atoms with Crippen molar-refractivity contribution in [3.8, 4) is 0 Å². The Hall–Kier alpha value is -1.18. The molecular formula is C12H18N2. The zero-order chi connectivity index (χ0) is 10.1. The molecule has 0 aromatic heterocycles. The molecule has 2 rings (SSSR count). The van der Waals surface area contributed by atoms with Crippen molar-refractivity contribution in [2.24, 2.45) is 5.92 Å². The fraction of sp³-hybridized carbons (Fsp3) is 0.500. The van der Waals surface area contributed by atoms with Crippen LogP contribution in [0.1, 0.15) is 19.4 Å². The molecule has 0 aliphatic carbocycles. The number of hydrogen-bond donors (Lipinski definition) is 2. The summed E-state index contributed by atoms with van der Waals surface area (Å²) in [5.74, 6) is 0.664. The SMILES string of the molecule is Cc1ccc2c(c1)NCC(C(C)C)N2. The van der Waals surface area contributed by atoms with Gasteiger partial charge in [0.2, 0.25) is 0 Å². The third-order valence-electron chi connectivity index (χ3n) is 2.83. The van der Waals surface area contributed by atoms with Gasteiger partial charge in [-0.25, -0.2) is 0 Å². The lowest BCUT2D eigenvalue weighted by atomic mass is 10.0. The molecule has 1 aliphatic rings. The van der Waals surface area contributed by atoms with Crippen LogP contribution in [0.2, 0.25) is 0 Å². The zero-order valence-corrected chi connectivity index (χ0v) is 9.09. The minimum atomic E-state index is 0.546. The molecule has 1 unspecified atom stereocenters. The van der Waals surface area contributed by atoms with E-state index in [9.17, 15) is 0 Å². The van der Waals surface area contributed by atoms with Gasteiger partial charge in [-0.3, -0.25) is 0 Å². The Labute approximate surface area is 85.7 Å². The maximum absolute atomic E-state index is 3.56. The van der Waals surface area contributed by atoms with Crippen molar-refractivity contribution in [2.75, 3.05) is 17.2 Å². The van der Waals surface area contributed by atoms with Crippen LogP contribution in [0.5, 0.6) is 0 Å². The van der Waals surface area contributed by atoms with Crippen molar-refractivity contribution in [1.82, 2.24) is 0 Å². The fourth-order valence-corrected chi connectivity index (χ4v) is 1.80. The van der Waals surface area contributed by atoms with E-state index in [-0.39, 0.29) is 0 Å². The van der Waals surface area contributed by atoms with Gasteiger partial charge in [-0.2, -0.15) is 0 Å². The monoisotopic (exact) mass is 190 g/mol. The summed E-state index contributed by atoms with van der Waals surface area (Å²) in [6, 6.07) is 7.05. The molecule has 0 amide bonds. The van der Waals surface area contributed by atoms with Crippen molar-refractivity contribution in [3.63, 3.8) is 0 Å². The molecule has 1 heterocycles. The van der Waals surface area contributed by atoms with E-state index in [0.717, 1.165) is 6.54 Å². The second-order valence-corrected chi connectivity index (χ2v) is 4.42. The van der Waals surface area contributed by atoms with Gasteiger partial charge < -0.3 is 10.6 Å². The van der Waals surface area contributed by atoms with Crippen LogP contribution >= 0.6 is 0 Å². The highest BCUT2D eigenvalue weighted by Gasteiger charge is 2.19. The molecule has 2 heteroatoms. The molecule has 2 nitrogen and oxygen atoms in total. The standard InChI is InChI=1S/C12H18N2/c1-8(2)12-7-13-11-6-9(3)4-5-10(11)14-12/h4-6,8,12-14H,7H2,1-3H3. The first kappa shape index (κ1) is 9.38. The molecule has 1 aliphatic heterocycles. The van der Waals surface area contributed by atoms with E-state index in [1.54, 1.807) is 0 Å². The molecule has 14 heavy (non-hydrogen) atoms. The highest BCUT2D eigenvalue weighted by atomic mass is 15.1. The first-order valence-corrected chi connectivity index (χ1v) is 5.28. The molecular weight excluding hydrogens is 172 g/mol. The molecule has 76 valence electrons. The highest BCUT2D eigenvalue weighted by Crippen LogP contribution is 2.28. The predicted octanol–water partition coefficient (Wildman–Crippen LogP) is 2.86. The minimum absolute atomic E-state index is 0.546. The molecule has 1 aromatic carbocycles. The smallest absolute Gasteiger partial charge is 0.0579 e. The molecule has 0 bridgehead atoms. The van der Waals surface area contributed by atoms with Crippen LogP contribution in [0.25, 0.3) is 0 Å². The molecule has 1 atom stereocenters. The van der Waals surface area contributed by atoms with Gasteiger partial charge in [0.1, 0.15) is 0 Å². The summed E-state index contributed by atoms with van der Waals surface area (Å²) in [6.07, 6.45) is 0. The lowest BCUT2D eigenvalue weighted by Crippen LogP contribution is -2.36. The van der Waals surface area contributed by atoms with Crippen LogP contribution in [0.3, 0.4) is 0 Å². The summed E-state index contributed by atoms with van der Waals surface area (Å²) in [5.41, 5.74) is 3.78. The second-order valence-electron chi connectivity index (χ2n) is 4.42. The lowest BCUT2D eigenvalue weighted by Gasteiger charge is -2.31. The Bertz CT molecular complexity index is 331. The summed E-state index contributed by atoms with van der Waals surface area (Å²) in [5, 5.41) is 7.03. The fourth-order valence-electron chi connectivity index (χ4n) is 1.80. The second kappa shape index (κ2) is 3.52. The first-order valence-electron chi connectivity index (χ1n) is 5.28. The van der Waals surface area contributed by atoms with E-state index >= 15 is 0 Å². The molecule has 0 radical (unpaired) electrons. The highest BCUT2D eigenvalue weighted by molar-refractivity contribution is 5.72. The topological polar surface area (TPSA) is 24.1 Å². The van der Waals surface area contributed by atoms with Gasteiger partial charge in [0.15, 0.2) is 0 Å². The lowest BCUT2D eigenvalue weighted by molar-refractivity contribution is 0.536. The largest absolute Gasteiger partial charge is 0.381 e. The molecule has 0 spiro atoms. The van der Waals surface area contributed by atoms with E-state index in [0.29, 0.717) is 12.0 Å². The van der Waals surface area contributed by atoms with E-state index < -0.39 is 0 Å². The van der Waals surface area contributed by atoms with E-state index in [4.69, 9.17) is 0 Å². The number of rotatable bonds is 1. The van der Waals surface area contributed by atoms with Gasteiger partial charge in [-0.05, 0) is 30.5 Å². The normalized spacial score (nSPS) is 19.9. The van der Waals surface area contributed by atoms with Crippen LogP contribution in [0, 0.1) is 12.8 Å². The van der Waals surface area contributed by atoms with Crippen LogP contribution in [0.15, 0.2) is 18.2 Å². The van der Waals surface area contributed by atoms with Crippen molar-refractivity contribution in [1.29, 1.82) is 0 Å². The van der Waals surface area contributed by atoms with Gasteiger partial charge in [-0.1, -0.05) is 19.9 Å².